The molecule has 3 nitrogen and oxygen atoms in total. The summed E-state index contributed by atoms with van der Waals surface area (Å²) in [5, 5.41) is 9.47. The zero-order valence-electron chi connectivity index (χ0n) is 11.6. The van der Waals surface area contributed by atoms with Gasteiger partial charge in [0.1, 0.15) is 6.29 Å². The molecule has 1 aromatic rings. The van der Waals surface area contributed by atoms with E-state index < -0.39 is 5.41 Å². The van der Waals surface area contributed by atoms with E-state index in [2.05, 4.69) is 4.90 Å². The smallest absolute Gasteiger partial charge is 0.131 e. The molecule has 0 aromatic heterocycles. The van der Waals surface area contributed by atoms with Gasteiger partial charge in [0.25, 0.3) is 0 Å². The van der Waals surface area contributed by atoms with Crippen LogP contribution in [0.4, 0.5) is 0 Å². The van der Waals surface area contributed by atoms with E-state index >= 15 is 0 Å². The lowest BCUT2D eigenvalue weighted by atomic mass is 9.82. The molecule has 2 rings (SSSR count). The summed E-state index contributed by atoms with van der Waals surface area (Å²) in [6, 6.07) is 10.1. The fourth-order valence-electron chi connectivity index (χ4n) is 2.91. The van der Waals surface area contributed by atoms with Gasteiger partial charge in [-0.25, -0.2) is 0 Å². The molecule has 104 valence electrons. The van der Waals surface area contributed by atoms with Gasteiger partial charge < -0.3 is 9.90 Å². The number of carbonyl (C=O) groups is 1. The molecule has 3 heteroatoms. The van der Waals surface area contributed by atoms with Gasteiger partial charge in [0.2, 0.25) is 0 Å². The minimum absolute atomic E-state index is 0.184. The number of rotatable bonds is 5. The van der Waals surface area contributed by atoms with Crippen molar-refractivity contribution in [3.05, 3.63) is 35.9 Å². The maximum atomic E-state index is 11.6. The van der Waals surface area contributed by atoms with Crippen LogP contribution in [0.2, 0.25) is 0 Å². The molecule has 2 unspecified atom stereocenters. The van der Waals surface area contributed by atoms with Crippen LogP contribution in [0.5, 0.6) is 0 Å². The first-order chi connectivity index (χ1) is 9.19. The molecule has 1 aliphatic heterocycles. The zero-order chi connectivity index (χ0) is 13.7. The highest BCUT2D eigenvalue weighted by molar-refractivity contribution is 5.68. The third-order valence-electron chi connectivity index (χ3n) is 4.18. The highest BCUT2D eigenvalue weighted by atomic mass is 16.3. The Bertz CT molecular complexity index is 406. The van der Waals surface area contributed by atoms with Crippen molar-refractivity contribution in [3.8, 4) is 0 Å². The summed E-state index contributed by atoms with van der Waals surface area (Å²) in [6.45, 7) is 3.83. The van der Waals surface area contributed by atoms with E-state index in [0.717, 1.165) is 31.2 Å². The lowest BCUT2D eigenvalue weighted by molar-refractivity contribution is -0.113. The highest BCUT2D eigenvalue weighted by Crippen LogP contribution is 2.26. The van der Waals surface area contributed by atoms with Crippen molar-refractivity contribution >= 4 is 6.29 Å². The Morgan fingerprint density at radius 3 is 2.74 bits per heavy atom. The van der Waals surface area contributed by atoms with Gasteiger partial charge in [0.15, 0.2) is 0 Å². The molecule has 19 heavy (non-hydrogen) atoms. The second kappa shape index (κ2) is 6.31. The van der Waals surface area contributed by atoms with Crippen LogP contribution in [0.3, 0.4) is 0 Å². The Hall–Kier alpha value is -1.19. The van der Waals surface area contributed by atoms with Gasteiger partial charge in [0.05, 0.1) is 12.0 Å². The third-order valence-corrected chi connectivity index (χ3v) is 4.18. The van der Waals surface area contributed by atoms with E-state index in [4.69, 9.17) is 0 Å². The van der Waals surface area contributed by atoms with Crippen molar-refractivity contribution in [3.63, 3.8) is 0 Å². The molecule has 0 amide bonds. The average molecular weight is 261 g/mol. The molecule has 0 radical (unpaired) electrons. The van der Waals surface area contributed by atoms with Crippen LogP contribution < -0.4 is 0 Å². The van der Waals surface area contributed by atoms with E-state index in [1.807, 2.05) is 37.3 Å². The maximum Gasteiger partial charge on any atom is 0.131 e. The number of aliphatic hydroxyl groups is 1. The number of hydrogen-bond acceptors (Lipinski definition) is 3. The quantitative estimate of drug-likeness (QED) is 0.824. The number of aliphatic hydroxyl groups excluding tert-OH is 1. The van der Waals surface area contributed by atoms with Crippen molar-refractivity contribution in [2.24, 2.45) is 0 Å². The standard InChI is InChI=1S/C16H23NO2/c1-16(13-19,14-7-3-2-4-8-14)12-17-10-6-5-9-15(17)11-18/h2-4,7-8,13,15,18H,5-6,9-12H2,1H3. The van der Waals surface area contributed by atoms with Crippen LogP contribution in [0.25, 0.3) is 0 Å². The van der Waals surface area contributed by atoms with Crippen molar-refractivity contribution in [1.29, 1.82) is 0 Å². The van der Waals surface area contributed by atoms with Crippen molar-refractivity contribution in [1.82, 2.24) is 4.90 Å². The summed E-state index contributed by atoms with van der Waals surface area (Å²) in [7, 11) is 0. The predicted molar refractivity (Wildman–Crippen MR) is 76.2 cm³/mol. The highest BCUT2D eigenvalue weighted by Gasteiger charge is 2.32. The molecule has 1 N–H and O–H groups in total. The van der Waals surface area contributed by atoms with E-state index in [1.165, 1.54) is 6.42 Å². The first-order valence-electron chi connectivity index (χ1n) is 7.06. The molecule has 0 aliphatic carbocycles. The average Bonchev–Trinajstić information content (AvgIpc) is 2.48. The van der Waals surface area contributed by atoms with E-state index in [1.54, 1.807) is 0 Å². The molecular weight excluding hydrogens is 238 g/mol. The third kappa shape index (κ3) is 3.23. The minimum atomic E-state index is -0.494. The number of nitrogens with zero attached hydrogens (tertiary/aromatic N) is 1. The minimum Gasteiger partial charge on any atom is -0.395 e. The Balaban J connectivity index is 2.15. The van der Waals surface area contributed by atoms with E-state index in [-0.39, 0.29) is 12.6 Å². The van der Waals surface area contributed by atoms with Crippen molar-refractivity contribution in [2.75, 3.05) is 19.7 Å². The summed E-state index contributed by atoms with van der Waals surface area (Å²) in [5.74, 6) is 0. The maximum absolute atomic E-state index is 11.6. The van der Waals surface area contributed by atoms with Crippen LogP contribution in [-0.4, -0.2) is 42.0 Å². The first-order valence-corrected chi connectivity index (χ1v) is 7.06. The van der Waals surface area contributed by atoms with Gasteiger partial charge in [-0.2, -0.15) is 0 Å². The molecule has 1 heterocycles. The van der Waals surface area contributed by atoms with Gasteiger partial charge in [0, 0.05) is 12.6 Å². The van der Waals surface area contributed by atoms with Crippen molar-refractivity contribution in [2.45, 2.75) is 37.6 Å². The van der Waals surface area contributed by atoms with Crippen LogP contribution >= 0.6 is 0 Å². The monoisotopic (exact) mass is 261 g/mol. The number of hydrogen-bond donors (Lipinski definition) is 1. The molecule has 0 saturated carbocycles. The molecule has 1 fully saturated rings. The summed E-state index contributed by atoms with van der Waals surface area (Å²) >= 11 is 0. The van der Waals surface area contributed by atoms with Gasteiger partial charge in [-0.05, 0) is 31.9 Å². The van der Waals surface area contributed by atoms with E-state index in [9.17, 15) is 9.90 Å². The van der Waals surface area contributed by atoms with Crippen molar-refractivity contribution < 1.29 is 9.90 Å². The van der Waals surface area contributed by atoms with Crippen LogP contribution in [0, 0.1) is 0 Å². The van der Waals surface area contributed by atoms with Crippen LogP contribution in [-0.2, 0) is 10.2 Å². The Labute approximate surface area is 115 Å². The number of likely N-dealkylation sites (tertiary alicyclic amines) is 1. The molecular formula is C16H23NO2. The SMILES string of the molecule is CC(C=O)(CN1CCCCC1CO)c1ccccc1. The fraction of sp³-hybridized carbons (Fsp3) is 0.562. The predicted octanol–water partition coefficient (Wildman–Crippen LogP) is 1.99. The molecule has 1 saturated heterocycles. The Morgan fingerprint density at radius 2 is 2.11 bits per heavy atom. The normalized spacial score (nSPS) is 23.8. The Kier molecular flexibility index (Phi) is 4.72. The summed E-state index contributed by atoms with van der Waals surface area (Å²) in [4.78, 5) is 13.9. The van der Waals surface area contributed by atoms with E-state index in [0.29, 0.717) is 6.54 Å². The van der Waals surface area contributed by atoms with Gasteiger partial charge in [-0.3, -0.25) is 4.90 Å². The first kappa shape index (κ1) is 14.2. The second-order valence-electron chi connectivity index (χ2n) is 5.70. The molecule has 0 spiro atoms. The molecule has 0 bridgehead atoms. The molecule has 1 aliphatic rings. The number of benzene rings is 1. The van der Waals surface area contributed by atoms with Crippen LogP contribution in [0.1, 0.15) is 31.7 Å². The molecule has 2 atom stereocenters. The number of aldehydes is 1. The van der Waals surface area contributed by atoms with Gasteiger partial charge in [-0.15, -0.1) is 0 Å². The number of piperidine rings is 1. The fourth-order valence-corrected chi connectivity index (χ4v) is 2.91. The molecule has 1 aromatic carbocycles. The van der Waals surface area contributed by atoms with Gasteiger partial charge in [-0.1, -0.05) is 36.8 Å². The second-order valence-corrected chi connectivity index (χ2v) is 5.70. The van der Waals surface area contributed by atoms with Crippen LogP contribution in [0.15, 0.2) is 30.3 Å². The van der Waals surface area contributed by atoms with Gasteiger partial charge >= 0.3 is 0 Å². The summed E-state index contributed by atoms with van der Waals surface area (Å²) in [6.07, 6.45) is 4.40. The Morgan fingerprint density at radius 1 is 1.37 bits per heavy atom. The lowest BCUT2D eigenvalue weighted by Crippen LogP contribution is -2.49. The zero-order valence-corrected chi connectivity index (χ0v) is 11.6. The number of carbonyl (C=O) groups excluding carboxylic acids is 1. The largest absolute Gasteiger partial charge is 0.395 e. The topological polar surface area (TPSA) is 40.5 Å². The lowest BCUT2D eigenvalue weighted by Gasteiger charge is -2.39. The summed E-state index contributed by atoms with van der Waals surface area (Å²) in [5.41, 5.74) is 0.554. The summed E-state index contributed by atoms with van der Waals surface area (Å²) < 4.78 is 0.